The molecule has 0 aliphatic heterocycles. The molecule has 0 fully saturated rings. The lowest BCUT2D eigenvalue weighted by molar-refractivity contribution is -0.118. The summed E-state index contributed by atoms with van der Waals surface area (Å²) in [5.74, 6) is -0.108. The summed E-state index contributed by atoms with van der Waals surface area (Å²) in [6.07, 6.45) is 13.9. The van der Waals surface area contributed by atoms with Crippen LogP contribution in [0.4, 0.5) is 0 Å². The quantitative estimate of drug-likeness (QED) is 0.375. The molecule has 2 aromatic rings. The lowest BCUT2D eigenvalue weighted by Gasteiger charge is -2.18. The van der Waals surface area contributed by atoms with Crippen LogP contribution in [0.25, 0.3) is 0 Å². The number of carbonyl (C=O) groups is 1. The van der Waals surface area contributed by atoms with Gasteiger partial charge in [0.1, 0.15) is 7.14 Å². The number of nitrogens with zero attached hydrogens (tertiary/aromatic N) is 2. The van der Waals surface area contributed by atoms with Crippen LogP contribution in [0, 0.1) is 0 Å². The molecule has 0 aliphatic rings. The largest absolute Gasteiger partial charge is 0.356 e. The van der Waals surface area contributed by atoms with Gasteiger partial charge < -0.3 is 14.4 Å². The van der Waals surface area contributed by atoms with Gasteiger partial charge in [0, 0.05) is 36.9 Å². The van der Waals surface area contributed by atoms with E-state index in [4.69, 9.17) is 0 Å². The zero-order chi connectivity index (χ0) is 20.1. The Balaban J connectivity index is 1.82. The number of hydrogen-bond donors (Lipinski definition) is 1. The summed E-state index contributed by atoms with van der Waals surface area (Å²) in [4.78, 5) is 16.5. The lowest BCUT2D eigenvalue weighted by atomic mass is 10.1. The normalized spacial score (nSPS) is 13.2. The predicted molar refractivity (Wildman–Crippen MR) is 117 cm³/mol. The van der Waals surface area contributed by atoms with E-state index in [1.165, 1.54) is 25.7 Å². The van der Waals surface area contributed by atoms with Crippen LogP contribution in [0.3, 0.4) is 0 Å². The summed E-state index contributed by atoms with van der Waals surface area (Å²) in [6.45, 7) is 3.61. The van der Waals surface area contributed by atoms with Crippen LogP contribution >= 0.6 is 7.14 Å². The molecule has 154 valence electrons. The molecule has 1 aromatic carbocycles. The van der Waals surface area contributed by atoms with Crippen molar-refractivity contribution in [2.24, 2.45) is 0 Å². The molecule has 0 aliphatic carbocycles. The molecule has 1 heterocycles. The maximum Gasteiger partial charge on any atom is 0.227 e. The molecule has 0 bridgehead atoms. The minimum absolute atomic E-state index is 0.108. The Kier molecular flexibility index (Phi) is 10.1. The minimum Gasteiger partial charge on any atom is -0.356 e. The van der Waals surface area contributed by atoms with Gasteiger partial charge in [-0.3, -0.25) is 4.79 Å². The average molecular weight is 404 g/mol. The van der Waals surface area contributed by atoms with Gasteiger partial charge in [-0.1, -0.05) is 69.4 Å². The maximum absolute atomic E-state index is 13.7. The van der Waals surface area contributed by atoms with Gasteiger partial charge in [0.05, 0.1) is 12.5 Å². The fraction of sp³-hybridized carbons (Fsp3) is 0.545. The van der Waals surface area contributed by atoms with Crippen molar-refractivity contribution in [3.05, 3.63) is 49.1 Å². The second-order valence-corrected chi connectivity index (χ2v) is 10.4. The Bertz CT molecular complexity index is 717. The maximum atomic E-state index is 13.7. The van der Waals surface area contributed by atoms with E-state index in [1.807, 2.05) is 41.1 Å². The van der Waals surface area contributed by atoms with Crippen molar-refractivity contribution in [1.82, 2.24) is 14.9 Å². The first-order chi connectivity index (χ1) is 13.6. The summed E-state index contributed by atoms with van der Waals surface area (Å²) < 4.78 is 15.6. The molecule has 1 aromatic heterocycles. The van der Waals surface area contributed by atoms with Crippen LogP contribution in [-0.4, -0.2) is 34.3 Å². The summed E-state index contributed by atoms with van der Waals surface area (Å²) >= 11 is 0. The first-order valence-electron chi connectivity index (χ1n) is 10.5. The van der Waals surface area contributed by atoms with Gasteiger partial charge in [-0.2, -0.15) is 0 Å². The van der Waals surface area contributed by atoms with Crippen molar-refractivity contribution >= 4 is 18.4 Å². The van der Waals surface area contributed by atoms with Crippen molar-refractivity contribution in [3.8, 4) is 0 Å². The Morgan fingerprint density at radius 2 is 1.82 bits per heavy atom. The molecule has 0 spiro atoms. The molecule has 2 rings (SSSR count). The van der Waals surface area contributed by atoms with E-state index < -0.39 is 7.14 Å². The molecular formula is C22H34N3O2P. The molecule has 0 radical (unpaired) electrons. The first-order valence-corrected chi connectivity index (χ1v) is 12.6. The predicted octanol–water partition coefficient (Wildman–Crippen LogP) is 4.44. The van der Waals surface area contributed by atoms with E-state index in [2.05, 4.69) is 17.2 Å². The van der Waals surface area contributed by atoms with Crippen molar-refractivity contribution < 1.29 is 9.36 Å². The number of rotatable bonds is 14. The third-order valence-corrected chi connectivity index (χ3v) is 8.05. The molecule has 1 N–H and O–H groups in total. The number of unbranched alkanes of at least 4 members (excludes halogenated alkanes) is 5. The summed E-state index contributed by atoms with van der Waals surface area (Å²) in [6, 6.07) is 9.56. The van der Waals surface area contributed by atoms with Gasteiger partial charge in [-0.25, -0.2) is 4.98 Å². The average Bonchev–Trinajstić information content (AvgIpc) is 3.22. The van der Waals surface area contributed by atoms with E-state index in [0.717, 1.165) is 31.1 Å². The molecule has 1 atom stereocenters. The van der Waals surface area contributed by atoms with Crippen LogP contribution in [0.2, 0.25) is 0 Å². The Morgan fingerprint density at radius 3 is 2.54 bits per heavy atom. The standard InChI is InChI=1S/C22H34N3O2P/c1-2-3-4-5-6-10-18-28(27,21-12-8-7-9-13-21)19-22(26)24-14-11-16-25-17-15-23-20-25/h7-9,12-13,15,17,20H,2-6,10-11,14,16,18-19H2,1H3,(H,24,26). The van der Waals surface area contributed by atoms with E-state index in [1.54, 1.807) is 12.5 Å². The number of amides is 1. The first kappa shape index (κ1) is 22.4. The summed E-state index contributed by atoms with van der Waals surface area (Å²) in [5, 5.41) is 3.77. The monoisotopic (exact) mass is 403 g/mol. The van der Waals surface area contributed by atoms with Gasteiger partial charge >= 0.3 is 0 Å². The van der Waals surface area contributed by atoms with Crippen molar-refractivity contribution in [2.75, 3.05) is 18.9 Å². The third-order valence-electron chi connectivity index (χ3n) is 4.97. The van der Waals surface area contributed by atoms with Crippen molar-refractivity contribution in [2.45, 2.75) is 58.4 Å². The summed E-state index contributed by atoms with van der Waals surface area (Å²) in [7, 11) is -2.71. The highest BCUT2D eigenvalue weighted by Gasteiger charge is 2.27. The van der Waals surface area contributed by atoms with Gasteiger partial charge in [0.25, 0.3) is 0 Å². The highest BCUT2D eigenvalue weighted by Crippen LogP contribution is 2.45. The molecule has 28 heavy (non-hydrogen) atoms. The highest BCUT2D eigenvalue weighted by atomic mass is 31.2. The van der Waals surface area contributed by atoms with Gasteiger partial charge in [-0.15, -0.1) is 0 Å². The van der Waals surface area contributed by atoms with Crippen LogP contribution in [0.1, 0.15) is 51.9 Å². The molecule has 5 nitrogen and oxygen atoms in total. The Morgan fingerprint density at radius 1 is 1.07 bits per heavy atom. The SMILES string of the molecule is CCCCCCCCP(=O)(CC(=O)NCCCn1ccnc1)c1ccccc1. The summed E-state index contributed by atoms with van der Waals surface area (Å²) in [5.41, 5.74) is 0. The van der Waals surface area contributed by atoms with E-state index in [9.17, 15) is 9.36 Å². The highest BCUT2D eigenvalue weighted by molar-refractivity contribution is 7.72. The van der Waals surface area contributed by atoms with Crippen molar-refractivity contribution in [3.63, 3.8) is 0 Å². The number of carbonyl (C=O) groups excluding carboxylic acids is 1. The molecule has 1 amide bonds. The smallest absolute Gasteiger partial charge is 0.227 e. The Hall–Kier alpha value is -1.87. The number of nitrogens with one attached hydrogen (secondary N) is 1. The van der Waals surface area contributed by atoms with Crippen molar-refractivity contribution in [1.29, 1.82) is 0 Å². The topological polar surface area (TPSA) is 64.0 Å². The van der Waals surface area contributed by atoms with Gasteiger partial charge in [-0.05, 0) is 12.8 Å². The fourth-order valence-electron chi connectivity index (χ4n) is 3.34. The second kappa shape index (κ2) is 12.6. The number of imidazole rings is 1. The van der Waals surface area contributed by atoms with Gasteiger partial charge in [0.15, 0.2) is 0 Å². The zero-order valence-corrected chi connectivity index (χ0v) is 17.9. The lowest BCUT2D eigenvalue weighted by Crippen LogP contribution is -2.30. The van der Waals surface area contributed by atoms with Crippen LogP contribution in [-0.2, 0) is 15.9 Å². The number of aryl methyl sites for hydroxylation is 1. The van der Waals surface area contributed by atoms with Crippen LogP contribution in [0.15, 0.2) is 49.1 Å². The number of aromatic nitrogens is 2. The molecule has 0 saturated heterocycles. The van der Waals surface area contributed by atoms with E-state index in [-0.39, 0.29) is 12.1 Å². The van der Waals surface area contributed by atoms with E-state index in [0.29, 0.717) is 12.7 Å². The third kappa shape index (κ3) is 8.02. The molecule has 1 unspecified atom stereocenters. The van der Waals surface area contributed by atoms with Gasteiger partial charge in [0.2, 0.25) is 5.91 Å². The van der Waals surface area contributed by atoms with Crippen LogP contribution in [0.5, 0.6) is 0 Å². The second-order valence-electron chi connectivity index (χ2n) is 7.38. The zero-order valence-electron chi connectivity index (χ0n) is 17.1. The minimum atomic E-state index is -2.71. The molecule has 6 heteroatoms. The fourth-order valence-corrected chi connectivity index (χ4v) is 5.97. The molecular weight excluding hydrogens is 369 g/mol. The Labute approximate surface area is 169 Å². The van der Waals surface area contributed by atoms with E-state index >= 15 is 0 Å². The molecule has 0 saturated carbocycles. The van der Waals surface area contributed by atoms with Crippen LogP contribution < -0.4 is 10.6 Å². The number of benzene rings is 1. The number of hydrogen-bond acceptors (Lipinski definition) is 3.